The Balaban J connectivity index is 1.78. The summed E-state index contributed by atoms with van der Waals surface area (Å²) in [5, 5.41) is 8.95. The van der Waals surface area contributed by atoms with E-state index < -0.39 is 0 Å². The number of benzene rings is 1. The number of Topliss-reactive ketones (excluding diaryl/α,β-unsaturated/α-hetero) is 1. The van der Waals surface area contributed by atoms with Gasteiger partial charge in [-0.1, -0.05) is 51.9 Å². The number of nitrogens with one attached hydrogen (secondary N) is 1. The number of fused-ring (bicyclic) bond motifs is 1. The number of nitrogens with zero attached hydrogens (tertiary/aromatic N) is 3. The van der Waals surface area contributed by atoms with E-state index in [1.807, 2.05) is 22.9 Å². The minimum absolute atomic E-state index is 0.0931. The molecule has 0 saturated heterocycles. The largest absolute Gasteiger partial charge is 0.493 e. The van der Waals surface area contributed by atoms with Crippen LogP contribution in [0.3, 0.4) is 0 Å². The molecule has 178 valence electrons. The number of methoxy groups -OCH3 is 1. The summed E-state index contributed by atoms with van der Waals surface area (Å²) in [4.78, 5) is 18.1. The van der Waals surface area contributed by atoms with Crippen molar-refractivity contribution < 1.29 is 14.3 Å². The minimum atomic E-state index is -0.345. The van der Waals surface area contributed by atoms with E-state index in [0.717, 1.165) is 53.4 Å². The zero-order valence-electron chi connectivity index (χ0n) is 20.2. The Bertz CT molecular complexity index is 1060. The number of rotatable bonds is 9. The van der Waals surface area contributed by atoms with Gasteiger partial charge in [0, 0.05) is 23.4 Å². The molecular formula is C25H34N4O3S. The molecule has 2 heterocycles. The molecule has 1 aromatic carbocycles. The molecule has 1 aliphatic heterocycles. The summed E-state index contributed by atoms with van der Waals surface area (Å²) in [5.74, 6) is 3.17. The van der Waals surface area contributed by atoms with Crippen LogP contribution in [-0.4, -0.2) is 40.0 Å². The predicted molar refractivity (Wildman–Crippen MR) is 131 cm³/mol. The van der Waals surface area contributed by atoms with Gasteiger partial charge in [0.2, 0.25) is 11.1 Å². The molecule has 2 aromatic rings. The van der Waals surface area contributed by atoms with Crippen LogP contribution >= 0.6 is 11.8 Å². The van der Waals surface area contributed by atoms with Crippen molar-refractivity contribution in [1.29, 1.82) is 0 Å². The maximum absolute atomic E-state index is 13.4. The zero-order valence-corrected chi connectivity index (χ0v) is 21.1. The Hall–Kier alpha value is -2.48. The lowest BCUT2D eigenvalue weighted by molar-refractivity contribution is -0.118. The van der Waals surface area contributed by atoms with Crippen LogP contribution in [0.25, 0.3) is 0 Å². The summed E-state index contributed by atoms with van der Waals surface area (Å²) in [7, 11) is 1.65. The van der Waals surface area contributed by atoms with Crippen molar-refractivity contribution in [2.75, 3.05) is 24.8 Å². The first kappa shape index (κ1) is 23.7. The Morgan fingerprint density at radius 3 is 2.76 bits per heavy atom. The van der Waals surface area contributed by atoms with Gasteiger partial charge < -0.3 is 14.8 Å². The van der Waals surface area contributed by atoms with Gasteiger partial charge in [0.1, 0.15) is 6.04 Å². The Labute approximate surface area is 200 Å². The molecule has 7 nitrogen and oxygen atoms in total. The second-order valence-corrected chi connectivity index (χ2v) is 10.5. The molecule has 1 aromatic heterocycles. The summed E-state index contributed by atoms with van der Waals surface area (Å²) >= 11 is 1.64. The van der Waals surface area contributed by atoms with Crippen LogP contribution in [-0.2, 0) is 4.79 Å². The predicted octanol–water partition coefficient (Wildman–Crippen LogP) is 5.63. The van der Waals surface area contributed by atoms with Gasteiger partial charge in [-0.3, -0.25) is 4.79 Å². The number of carbonyl (C=O) groups is 1. The number of ether oxygens (including phenoxy) is 2. The minimum Gasteiger partial charge on any atom is -0.493 e. The summed E-state index contributed by atoms with van der Waals surface area (Å²) in [6.45, 7) is 9.20. The first-order valence-corrected chi connectivity index (χ1v) is 12.8. The van der Waals surface area contributed by atoms with Crippen LogP contribution in [0.5, 0.6) is 11.5 Å². The van der Waals surface area contributed by atoms with Crippen LogP contribution in [0.15, 0.2) is 34.6 Å². The fraction of sp³-hybridized carbons (Fsp3) is 0.560. The molecule has 0 radical (unpaired) electrons. The van der Waals surface area contributed by atoms with Crippen molar-refractivity contribution in [2.24, 2.45) is 5.41 Å². The number of aromatic nitrogens is 3. The van der Waals surface area contributed by atoms with Crippen molar-refractivity contribution in [2.45, 2.75) is 71.0 Å². The first-order chi connectivity index (χ1) is 15.9. The fourth-order valence-electron chi connectivity index (χ4n) is 4.45. The number of thioether (sulfide) groups is 1. The van der Waals surface area contributed by atoms with Gasteiger partial charge in [-0.05, 0) is 42.4 Å². The number of unbranched alkanes of at least 4 members (excludes halogenated alkanes) is 1. The van der Waals surface area contributed by atoms with Crippen LogP contribution in [0.1, 0.15) is 71.4 Å². The van der Waals surface area contributed by atoms with E-state index in [1.165, 1.54) is 0 Å². The third kappa shape index (κ3) is 4.90. The normalized spacial score (nSPS) is 19.1. The lowest BCUT2D eigenvalue weighted by Crippen LogP contribution is -2.36. The highest BCUT2D eigenvalue weighted by atomic mass is 32.2. The molecule has 2 aliphatic rings. The highest BCUT2D eigenvalue weighted by molar-refractivity contribution is 7.99. The average Bonchev–Trinajstić information content (AvgIpc) is 3.18. The highest BCUT2D eigenvalue weighted by Gasteiger charge is 2.42. The van der Waals surface area contributed by atoms with Gasteiger partial charge in [-0.2, -0.15) is 4.98 Å². The van der Waals surface area contributed by atoms with Crippen LogP contribution in [0.2, 0.25) is 0 Å². The van der Waals surface area contributed by atoms with E-state index in [-0.39, 0.29) is 17.2 Å². The summed E-state index contributed by atoms with van der Waals surface area (Å²) in [5.41, 5.74) is 2.58. The SMILES string of the molecule is CCCCOc1ccc(C2C3=C(CC(C)(C)CC3=O)Nc3nc(SCCC)nn32)cc1OC. The summed E-state index contributed by atoms with van der Waals surface area (Å²) in [6.07, 6.45) is 4.41. The molecular weight excluding hydrogens is 436 g/mol. The molecule has 1 atom stereocenters. The van der Waals surface area contributed by atoms with E-state index in [1.54, 1.807) is 18.9 Å². The number of hydrogen-bond donors (Lipinski definition) is 1. The van der Waals surface area contributed by atoms with Gasteiger partial charge in [0.15, 0.2) is 17.3 Å². The second-order valence-electron chi connectivity index (χ2n) is 9.48. The molecule has 1 aliphatic carbocycles. The molecule has 0 amide bonds. The standard InChI is InChI=1S/C25H34N4O3S/c1-6-8-11-32-19-10-9-16(13-20(19)31-5)22-21-17(14-25(3,4)15-18(21)30)26-23-27-24(28-29(22)23)33-12-7-2/h9-10,13,22H,6-8,11-12,14-15H2,1-5H3,(H,26,27,28). The van der Waals surface area contributed by atoms with Gasteiger partial charge in [-0.15, -0.1) is 5.10 Å². The van der Waals surface area contributed by atoms with Crippen molar-refractivity contribution in [3.05, 3.63) is 35.0 Å². The topological polar surface area (TPSA) is 78.3 Å². The fourth-order valence-corrected chi connectivity index (χ4v) is 5.14. The van der Waals surface area contributed by atoms with Crippen molar-refractivity contribution in [3.63, 3.8) is 0 Å². The van der Waals surface area contributed by atoms with Gasteiger partial charge in [0.05, 0.1) is 13.7 Å². The lowest BCUT2D eigenvalue weighted by atomic mass is 9.73. The molecule has 4 rings (SSSR count). The number of carbonyl (C=O) groups excluding carboxylic acids is 1. The maximum atomic E-state index is 13.4. The quantitative estimate of drug-likeness (QED) is 0.376. The lowest BCUT2D eigenvalue weighted by Gasteiger charge is -2.38. The van der Waals surface area contributed by atoms with Gasteiger partial charge in [-0.25, -0.2) is 4.68 Å². The van der Waals surface area contributed by atoms with E-state index in [2.05, 4.69) is 33.0 Å². The molecule has 1 unspecified atom stereocenters. The number of allylic oxidation sites excluding steroid dienone is 2. The highest BCUT2D eigenvalue weighted by Crippen LogP contribution is 2.46. The van der Waals surface area contributed by atoms with Gasteiger partial charge in [0.25, 0.3) is 0 Å². The average molecular weight is 471 g/mol. The Morgan fingerprint density at radius 2 is 2.03 bits per heavy atom. The van der Waals surface area contributed by atoms with Crippen LogP contribution < -0.4 is 14.8 Å². The zero-order chi connectivity index (χ0) is 23.6. The maximum Gasteiger partial charge on any atom is 0.227 e. The van der Waals surface area contributed by atoms with Crippen molar-refractivity contribution in [3.8, 4) is 11.5 Å². The molecule has 0 bridgehead atoms. The second kappa shape index (κ2) is 9.79. The van der Waals surface area contributed by atoms with Gasteiger partial charge >= 0.3 is 0 Å². The molecule has 0 fully saturated rings. The first-order valence-electron chi connectivity index (χ1n) is 11.8. The van der Waals surface area contributed by atoms with E-state index >= 15 is 0 Å². The number of ketones is 1. The Kier molecular flexibility index (Phi) is 7.02. The Morgan fingerprint density at radius 1 is 1.21 bits per heavy atom. The summed E-state index contributed by atoms with van der Waals surface area (Å²) in [6, 6.07) is 5.58. The van der Waals surface area contributed by atoms with E-state index in [9.17, 15) is 4.79 Å². The van der Waals surface area contributed by atoms with Crippen molar-refractivity contribution in [1.82, 2.24) is 14.8 Å². The third-order valence-corrected chi connectivity index (χ3v) is 7.05. The number of anilines is 1. The molecule has 33 heavy (non-hydrogen) atoms. The molecule has 1 N–H and O–H groups in total. The monoisotopic (exact) mass is 470 g/mol. The smallest absolute Gasteiger partial charge is 0.227 e. The van der Waals surface area contributed by atoms with Crippen molar-refractivity contribution >= 4 is 23.5 Å². The van der Waals surface area contributed by atoms with E-state index in [0.29, 0.717) is 30.5 Å². The molecule has 8 heteroatoms. The summed E-state index contributed by atoms with van der Waals surface area (Å²) < 4.78 is 13.4. The number of hydrogen-bond acceptors (Lipinski definition) is 7. The molecule has 0 saturated carbocycles. The van der Waals surface area contributed by atoms with Crippen LogP contribution in [0, 0.1) is 5.41 Å². The van der Waals surface area contributed by atoms with Crippen LogP contribution in [0.4, 0.5) is 5.95 Å². The third-order valence-electron chi connectivity index (χ3n) is 6.01. The van der Waals surface area contributed by atoms with E-state index in [4.69, 9.17) is 19.6 Å². The molecule has 0 spiro atoms.